The first kappa shape index (κ1) is 21.2. The van der Waals surface area contributed by atoms with Crippen molar-refractivity contribution in [2.24, 2.45) is 0 Å². The summed E-state index contributed by atoms with van der Waals surface area (Å²) in [4.78, 5) is 35.0. The molecule has 4 aromatic rings. The van der Waals surface area contributed by atoms with E-state index >= 15 is 0 Å². The number of amides is 1. The highest BCUT2D eigenvalue weighted by molar-refractivity contribution is 5.88. The number of hydrogen-bond donors (Lipinski definition) is 1. The summed E-state index contributed by atoms with van der Waals surface area (Å²) >= 11 is 0. The molecule has 1 aliphatic heterocycles. The zero-order valence-electron chi connectivity index (χ0n) is 18.4. The number of H-pyrrole nitrogens is 1. The van der Waals surface area contributed by atoms with E-state index in [2.05, 4.69) is 9.97 Å². The maximum Gasteiger partial charge on any atom is 0.258 e. The molecule has 1 fully saturated rings. The number of aromatic nitrogens is 2. The summed E-state index contributed by atoms with van der Waals surface area (Å²) in [7, 11) is 1.60. The van der Waals surface area contributed by atoms with Gasteiger partial charge in [-0.15, -0.1) is 0 Å². The number of carbonyl (C=O) groups excluding carboxylic acids is 1. The second-order valence-corrected chi connectivity index (χ2v) is 8.24. The van der Waals surface area contributed by atoms with Gasteiger partial charge in [-0.3, -0.25) is 9.59 Å². The first-order valence-electron chi connectivity index (χ1n) is 11.0. The third-order valence-corrected chi connectivity index (χ3v) is 6.01. The smallest absolute Gasteiger partial charge is 0.258 e. The highest BCUT2D eigenvalue weighted by Crippen LogP contribution is 2.26. The van der Waals surface area contributed by atoms with Crippen LogP contribution in [0.3, 0.4) is 0 Å². The van der Waals surface area contributed by atoms with Crippen LogP contribution in [0.4, 0.5) is 0 Å². The normalized spacial score (nSPS) is 15.8. The molecule has 3 heterocycles. The largest absolute Gasteiger partial charge is 0.497 e. The van der Waals surface area contributed by atoms with Gasteiger partial charge in [0.25, 0.3) is 5.56 Å². The van der Waals surface area contributed by atoms with Gasteiger partial charge in [0, 0.05) is 30.2 Å². The highest BCUT2D eigenvalue weighted by Gasteiger charge is 2.24. The zero-order valence-corrected chi connectivity index (χ0v) is 18.4. The molecule has 0 saturated carbocycles. The molecule has 1 N–H and O–H groups in total. The summed E-state index contributed by atoms with van der Waals surface area (Å²) in [5.41, 5.74) is 1.86. The zero-order chi connectivity index (χ0) is 22.8. The van der Waals surface area contributed by atoms with Crippen LogP contribution in [0.1, 0.15) is 24.2 Å². The second kappa shape index (κ2) is 9.07. The number of aromatic amines is 1. The minimum Gasteiger partial charge on any atom is -0.497 e. The van der Waals surface area contributed by atoms with Crippen molar-refractivity contribution in [1.29, 1.82) is 0 Å². The Hall–Kier alpha value is -3.65. The van der Waals surface area contributed by atoms with Gasteiger partial charge in [-0.25, -0.2) is 4.98 Å². The van der Waals surface area contributed by atoms with Crippen molar-refractivity contribution >= 4 is 27.8 Å². The highest BCUT2D eigenvalue weighted by atomic mass is 16.5. The lowest BCUT2D eigenvalue weighted by Crippen LogP contribution is -2.38. The number of fused-ring (bicyclic) bond motifs is 2. The number of ether oxygens (including phenoxy) is 2. The van der Waals surface area contributed by atoms with Crippen LogP contribution in [0.15, 0.2) is 57.9 Å². The number of methoxy groups -OCH3 is 1. The quantitative estimate of drug-likeness (QED) is 0.466. The first-order valence-corrected chi connectivity index (χ1v) is 11.0. The molecule has 0 spiro atoms. The molecule has 170 valence electrons. The van der Waals surface area contributed by atoms with E-state index in [1.54, 1.807) is 42.5 Å². The van der Waals surface area contributed by atoms with Crippen LogP contribution in [-0.4, -0.2) is 47.1 Å². The molecule has 1 amide bonds. The summed E-state index contributed by atoms with van der Waals surface area (Å²) in [6.45, 7) is 1.34. The van der Waals surface area contributed by atoms with E-state index in [1.807, 2.05) is 18.2 Å². The summed E-state index contributed by atoms with van der Waals surface area (Å²) < 4.78 is 16.7. The molecule has 33 heavy (non-hydrogen) atoms. The molecular weight excluding hydrogens is 422 g/mol. The Kier molecular flexibility index (Phi) is 5.83. The lowest BCUT2D eigenvalue weighted by molar-refractivity contribution is -0.132. The minimum atomic E-state index is -0.213. The van der Waals surface area contributed by atoms with Gasteiger partial charge in [0.2, 0.25) is 5.91 Å². The molecule has 2 aromatic heterocycles. The molecule has 2 aromatic carbocycles. The number of nitrogens with one attached hydrogen (secondary N) is 1. The molecule has 0 aliphatic carbocycles. The monoisotopic (exact) mass is 447 g/mol. The molecule has 1 saturated heterocycles. The Morgan fingerprint density at radius 2 is 2.12 bits per heavy atom. The lowest BCUT2D eigenvalue weighted by atomic mass is 10.1. The van der Waals surface area contributed by atoms with Crippen LogP contribution in [0, 0.1) is 0 Å². The Bertz CT molecular complexity index is 1350. The fourth-order valence-corrected chi connectivity index (χ4v) is 4.28. The van der Waals surface area contributed by atoms with Crippen molar-refractivity contribution in [3.8, 4) is 5.75 Å². The van der Waals surface area contributed by atoms with Gasteiger partial charge in [-0.05, 0) is 37.1 Å². The van der Waals surface area contributed by atoms with Crippen molar-refractivity contribution in [1.82, 2.24) is 14.9 Å². The van der Waals surface area contributed by atoms with Gasteiger partial charge >= 0.3 is 0 Å². The topological polar surface area (TPSA) is 97.7 Å². The average molecular weight is 447 g/mol. The van der Waals surface area contributed by atoms with Gasteiger partial charge in [0.05, 0.1) is 43.3 Å². The summed E-state index contributed by atoms with van der Waals surface area (Å²) in [5.74, 6) is 1.06. The Labute approximate surface area is 190 Å². The van der Waals surface area contributed by atoms with Crippen molar-refractivity contribution in [3.63, 3.8) is 0 Å². The number of furan rings is 1. The number of nitrogens with zero attached hydrogens (tertiary/aromatic N) is 2. The van der Waals surface area contributed by atoms with E-state index in [0.717, 1.165) is 23.8 Å². The molecular formula is C25H25N3O5. The van der Waals surface area contributed by atoms with E-state index < -0.39 is 0 Å². The van der Waals surface area contributed by atoms with Crippen LogP contribution in [0.25, 0.3) is 21.9 Å². The fraction of sp³-hybridized carbons (Fsp3) is 0.320. The summed E-state index contributed by atoms with van der Waals surface area (Å²) in [5, 5.41) is 1.40. The Balaban J connectivity index is 1.41. The molecule has 5 rings (SSSR count). The average Bonchev–Trinajstić information content (AvgIpc) is 3.48. The van der Waals surface area contributed by atoms with Crippen LogP contribution >= 0.6 is 0 Å². The van der Waals surface area contributed by atoms with Gasteiger partial charge in [-0.2, -0.15) is 0 Å². The van der Waals surface area contributed by atoms with Crippen LogP contribution in [0.5, 0.6) is 5.75 Å². The van der Waals surface area contributed by atoms with Gasteiger partial charge in [0.1, 0.15) is 17.2 Å². The maximum absolute atomic E-state index is 13.4. The van der Waals surface area contributed by atoms with Gasteiger partial charge < -0.3 is 23.8 Å². The number of hydrogen-bond acceptors (Lipinski definition) is 6. The Morgan fingerprint density at radius 3 is 2.94 bits per heavy atom. The first-order chi connectivity index (χ1) is 16.1. The van der Waals surface area contributed by atoms with Crippen molar-refractivity contribution in [2.45, 2.75) is 31.9 Å². The maximum atomic E-state index is 13.4. The summed E-state index contributed by atoms with van der Waals surface area (Å²) in [6.07, 6.45) is 3.64. The van der Waals surface area contributed by atoms with E-state index in [0.29, 0.717) is 41.2 Å². The van der Waals surface area contributed by atoms with Crippen LogP contribution in [0.2, 0.25) is 0 Å². The molecule has 0 bridgehead atoms. The Morgan fingerprint density at radius 1 is 1.24 bits per heavy atom. The molecule has 8 nitrogen and oxygen atoms in total. The van der Waals surface area contributed by atoms with Crippen molar-refractivity contribution in [3.05, 3.63) is 70.5 Å². The SMILES string of the molecule is COc1ccc2c(CC(=O)N(Cc3nc4ccccc4c(=O)[nH]3)C[C@@H]3CCCO3)coc2c1. The van der Waals surface area contributed by atoms with Gasteiger partial charge in [0.15, 0.2) is 0 Å². The molecule has 8 heteroatoms. The standard InChI is InChI=1S/C25H25N3O5/c1-31-17-8-9-19-16(15-33-22(19)12-17)11-24(29)28(13-18-5-4-10-32-18)14-23-26-21-7-3-2-6-20(21)25(30)27-23/h2-3,6-9,12,15,18H,4-5,10-11,13-14H2,1H3,(H,26,27,30)/t18-/m0/s1. The van der Waals surface area contributed by atoms with E-state index in [1.165, 1.54) is 0 Å². The number of para-hydroxylation sites is 1. The number of carbonyl (C=O) groups is 1. The van der Waals surface area contributed by atoms with Crippen molar-refractivity contribution in [2.75, 3.05) is 20.3 Å². The van der Waals surface area contributed by atoms with Crippen LogP contribution < -0.4 is 10.3 Å². The third kappa shape index (κ3) is 4.47. The molecule has 1 atom stereocenters. The molecule has 0 unspecified atom stereocenters. The van der Waals surface area contributed by atoms with Crippen molar-refractivity contribution < 1.29 is 18.7 Å². The van der Waals surface area contributed by atoms with Gasteiger partial charge in [-0.1, -0.05) is 12.1 Å². The minimum absolute atomic E-state index is 0.0218. The molecule has 1 aliphatic rings. The third-order valence-electron chi connectivity index (χ3n) is 6.01. The molecule has 0 radical (unpaired) electrons. The second-order valence-electron chi connectivity index (χ2n) is 8.24. The van der Waals surface area contributed by atoms with Crippen LogP contribution in [-0.2, 0) is 22.5 Å². The lowest BCUT2D eigenvalue weighted by Gasteiger charge is -2.25. The van der Waals surface area contributed by atoms with E-state index in [9.17, 15) is 9.59 Å². The number of rotatable bonds is 7. The predicted octanol–water partition coefficient (Wildman–Crippen LogP) is 3.43. The van der Waals surface area contributed by atoms with E-state index in [-0.39, 0.29) is 30.5 Å². The fourth-order valence-electron chi connectivity index (χ4n) is 4.28. The van der Waals surface area contributed by atoms with E-state index in [4.69, 9.17) is 13.9 Å². The summed E-state index contributed by atoms with van der Waals surface area (Å²) in [6, 6.07) is 12.7. The number of benzene rings is 2. The predicted molar refractivity (Wildman–Crippen MR) is 123 cm³/mol.